The van der Waals surface area contributed by atoms with Gasteiger partial charge in [0.15, 0.2) is 5.84 Å². The maximum absolute atomic E-state index is 12.3. The second kappa shape index (κ2) is 10.3. The normalized spacial score (nSPS) is 14.1. The molecule has 0 spiro atoms. The first-order valence-corrected chi connectivity index (χ1v) is 11.5. The Morgan fingerprint density at radius 3 is 2.45 bits per heavy atom. The first-order chi connectivity index (χ1) is 14.2. The molecule has 0 atom stereocenters. The Bertz CT molecular complexity index is 1080. The van der Waals surface area contributed by atoms with Crippen molar-refractivity contribution in [3.63, 3.8) is 0 Å². The molecule has 2 aromatic carbocycles. The zero-order chi connectivity index (χ0) is 21.9. The molecule has 0 bridgehead atoms. The van der Waals surface area contributed by atoms with Gasteiger partial charge in [-0.05, 0) is 43.4 Å². The topological polar surface area (TPSA) is 88.1 Å². The molecule has 0 fully saturated rings. The Morgan fingerprint density at radius 2 is 1.81 bits per heavy atom. The molecule has 0 amide bonds. The molecular formula is C22H27ClN3O4S-. The van der Waals surface area contributed by atoms with Gasteiger partial charge in [-0.25, -0.2) is 0 Å². The van der Waals surface area contributed by atoms with Crippen LogP contribution in [-0.4, -0.2) is 38.2 Å². The first kappa shape index (κ1) is 24.8. The number of carbonyl (C=O) groups is 1. The van der Waals surface area contributed by atoms with E-state index in [1.54, 1.807) is 50.2 Å². The lowest BCUT2D eigenvalue weighted by Gasteiger charge is -2.21. The molecule has 3 rings (SSSR count). The van der Waals surface area contributed by atoms with Crippen molar-refractivity contribution in [1.29, 1.82) is 0 Å². The average molecular weight is 465 g/mol. The molecule has 9 heteroatoms. The van der Waals surface area contributed by atoms with Gasteiger partial charge in [0.2, 0.25) is 0 Å². The van der Waals surface area contributed by atoms with E-state index in [0.29, 0.717) is 23.5 Å². The van der Waals surface area contributed by atoms with E-state index in [0.717, 1.165) is 18.7 Å². The summed E-state index contributed by atoms with van der Waals surface area (Å²) in [6, 6.07) is 12.1. The standard InChI is InChI=1S/C22H27N3O4S.ClH/c1-5-25(6-2)14-16-13-17(11-12-19(16)29-22(26)15(3)4)23-21-18-9-7-8-10-20(18)30(27,28)24-21;/h7-13,15H,5-6,14H2,1-4H3,(H,23,24);1H/p-1. The minimum absolute atomic E-state index is 0. The van der Waals surface area contributed by atoms with E-state index in [1.165, 1.54) is 0 Å². The van der Waals surface area contributed by atoms with Crippen LogP contribution in [0.5, 0.6) is 5.75 Å². The van der Waals surface area contributed by atoms with Gasteiger partial charge in [-0.15, -0.1) is 4.40 Å². The summed E-state index contributed by atoms with van der Waals surface area (Å²) >= 11 is 0. The van der Waals surface area contributed by atoms with Crippen molar-refractivity contribution < 1.29 is 30.4 Å². The highest BCUT2D eigenvalue weighted by molar-refractivity contribution is 7.90. The molecule has 7 nitrogen and oxygen atoms in total. The number of nitrogens with zero attached hydrogens (tertiary/aromatic N) is 2. The van der Waals surface area contributed by atoms with Gasteiger partial charge < -0.3 is 22.5 Å². The Kier molecular flexibility index (Phi) is 8.22. The number of hydrogen-bond donors (Lipinski definition) is 1. The molecule has 31 heavy (non-hydrogen) atoms. The largest absolute Gasteiger partial charge is 1.00 e. The number of amidine groups is 1. The van der Waals surface area contributed by atoms with Crippen molar-refractivity contribution in [3.05, 3.63) is 53.6 Å². The quantitative estimate of drug-likeness (QED) is 0.478. The molecule has 2 aromatic rings. The van der Waals surface area contributed by atoms with Crippen LogP contribution < -0.4 is 22.5 Å². The fraction of sp³-hybridized carbons (Fsp3) is 0.364. The Balaban J connectivity index is 0.00000341. The summed E-state index contributed by atoms with van der Waals surface area (Å²) in [5, 5.41) is 3.12. The lowest BCUT2D eigenvalue weighted by Crippen LogP contribution is -3.00. The van der Waals surface area contributed by atoms with Crippen molar-refractivity contribution in [2.75, 3.05) is 18.4 Å². The number of hydrogen-bond acceptors (Lipinski definition) is 6. The molecule has 0 aliphatic carbocycles. The smallest absolute Gasteiger partial charge is 0.313 e. The van der Waals surface area contributed by atoms with Gasteiger partial charge in [0.25, 0.3) is 10.0 Å². The molecule has 168 valence electrons. The maximum atomic E-state index is 12.3. The minimum atomic E-state index is -3.70. The summed E-state index contributed by atoms with van der Waals surface area (Å²) in [4.78, 5) is 14.5. The Hall–Kier alpha value is -2.42. The number of benzene rings is 2. The van der Waals surface area contributed by atoms with Gasteiger partial charge >= 0.3 is 5.97 Å². The molecular weight excluding hydrogens is 438 g/mol. The number of nitrogens with one attached hydrogen (secondary N) is 1. The second-order valence-electron chi connectivity index (χ2n) is 7.40. The van der Waals surface area contributed by atoms with Gasteiger partial charge in [0.05, 0.1) is 5.92 Å². The fourth-order valence-corrected chi connectivity index (χ4v) is 4.30. The van der Waals surface area contributed by atoms with Crippen molar-refractivity contribution in [2.24, 2.45) is 10.3 Å². The first-order valence-electron chi connectivity index (χ1n) is 10.0. The number of anilines is 1. The molecule has 0 unspecified atom stereocenters. The summed E-state index contributed by atoms with van der Waals surface area (Å²) in [6.45, 7) is 10.0. The molecule has 0 radical (unpaired) electrons. The SMILES string of the molecule is CCN(CC)Cc1cc(NC2=NS(=O)(=O)c3ccccc32)ccc1OC(=O)C(C)C.[Cl-]. The van der Waals surface area contributed by atoms with Crippen LogP contribution in [0.1, 0.15) is 38.8 Å². The van der Waals surface area contributed by atoms with Crippen molar-refractivity contribution in [3.8, 4) is 5.75 Å². The Labute approximate surface area is 190 Å². The summed E-state index contributed by atoms with van der Waals surface area (Å²) in [6.07, 6.45) is 0. The second-order valence-corrected chi connectivity index (χ2v) is 8.97. The van der Waals surface area contributed by atoms with E-state index < -0.39 is 10.0 Å². The van der Waals surface area contributed by atoms with Crippen molar-refractivity contribution >= 4 is 27.5 Å². The average Bonchev–Trinajstić information content (AvgIpc) is 2.98. The number of fused-ring (bicyclic) bond motifs is 1. The monoisotopic (exact) mass is 464 g/mol. The van der Waals surface area contributed by atoms with Crippen molar-refractivity contribution in [1.82, 2.24) is 4.90 Å². The van der Waals surface area contributed by atoms with Crippen molar-refractivity contribution in [2.45, 2.75) is 39.1 Å². The molecule has 1 heterocycles. The number of carbonyl (C=O) groups excluding carboxylic acids is 1. The highest BCUT2D eigenvalue weighted by Gasteiger charge is 2.28. The van der Waals surface area contributed by atoms with E-state index in [9.17, 15) is 13.2 Å². The lowest BCUT2D eigenvalue weighted by molar-refractivity contribution is -0.137. The van der Waals surface area contributed by atoms with Gasteiger partial charge in [-0.1, -0.05) is 39.8 Å². The van der Waals surface area contributed by atoms with E-state index in [-0.39, 0.29) is 35.0 Å². The van der Waals surface area contributed by atoms with E-state index in [2.05, 4.69) is 28.5 Å². The van der Waals surface area contributed by atoms with Gasteiger partial charge in [0.1, 0.15) is 10.6 Å². The maximum Gasteiger partial charge on any atom is 0.313 e. The van der Waals surface area contributed by atoms with Crippen LogP contribution in [0.3, 0.4) is 0 Å². The molecule has 0 saturated carbocycles. The van der Waals surface area contributed by atoms with E-state index in [4.69, 9.17) is 4.74 Å². The van der Waals surface area contributed by atoms with Crippen LogP contribution in [0.15, 0.2) is 51.8 Å². The molecule has 1 N–H and O–H groups in total. The zero-order valence-corrected chi connectivity index (χ0v) is 19.6. The van der Waals surface area contributed by atoms with Crippen LogP contribution in [0, 0.1) is 5.92 Å². The third-order valence-electron chi connectivity index (χ3n) is 4.93. The van der Waals surface area contributed by atoms with Crippen LogP contribution in [-0.2, 0) is 21.4 Å². The molecule has 0 saturated heterocycles. The predicted molar refractivity (Wildman–Crippen MR) is 117 cm³/mol. The third kappa shape index (κ3) is 5.64. The van der Waals surface area contributed by atoms with Gasteiger partial charge in [0, 0.05) is 23.4 Å². The van der Waals surface area contributed by atoms with E-state index in [1.807, 2.05) is 6.07 Å². The third-order valence-corrected chi connectivity index (χ3v) is 6.26. The lowest BCUT2D eigenvalue weighted by atomic mass is 10.1. The summed E-state index contributed by atoms with van der Waals surface area (Å²) < 4.78 is 34.1. The number of rotatable bonds is 7. The van der Waals surface area contributed by atoms with Crippen LogP contribution in [0.25, 0.3) is 0 Å². The number of esters is 1. The van der Waals surface area contributed by atoms with Gasteiger partial charge in [-0.2, -0.15) is 8.42 Å². The minimum Gasteiger partial charge on any atom is -1.00 e. The highest BCUT2D eigenvalue weighted by Crippen LogP contribution is 2.29. The van der Waals surface area contributed by atoms with Crippen LogP contribution in [0.2, 0.25) is 0 Å². The summed E-state index contributed by atoms with van der Waals surface area (Å²) in [7, 11) is -3.70. The van der Waals surface area contributed by atoms with Crippen LogP contribution >= 0.6 is 0 Å². The fourth-order valence-electron chi connectivity index (χ4n) is 3.13. The molecule has 1 aliphatic heterocycles. The summed E-state index contributed by atoms with van der Waals surface area (Å²) in [5.41, 5.74) is 2.05. The van der Waals surface area contributed by atoms with E-state index >= 15 is 0 Å². The highest BCUT2D eigenvalue weighted by atomic mass is 35.5. The number of ether oxygens (including phenoxy) is 1. The number of sulfonamides is 1. The number of halogens is 1. The molecule has 0 aromatic heterocycles. The Morgan fingerprint density at radius 1 is 1.13 bits per heavy atom. The predicted octanol–water partition coefficient (Wildman–Crippen LogP) is 0.655. The van der Waals surface area contributed by atoms with Crippen LogP contribution in [0.4, 0.5) is 5.69 Å². The molecule has 1 aliphatic rings. The zero-order valence-electron chi connectivity index (χ0n) is 18.1. The van der Waals surface area contributed by atoms with Gasteiger partial charge in [-0.3, -0.25) is 9.69 Å². The summed E-state index contributed by atoms with van der Waals surface area (Å²) in [5.74, 6) is 0.259.